The van der Waals surface area contributed by atoms with Crippen LogP contribution in [0.2, 0.25) is 5.02 Å². The zero-order valence-electron chi connectivity index (χ0n) is 13.6. The number of nitrogens with one attached hydrogen (secondary N) is 1. The van der Waals surface area contributed by atoms with Crippen molar-refractivity contribution in [1.29, 1.82) is 0 Å². The van der Waals surface area contributed by atoms with Gasteiger partial charge >= 0.3 is 0 Å². The first kappa shape index (κ1) is 17.1. The summed E-state index contributed by atoms with van der Waals surface area (Å²) in [7, 11) is -3.26. The number of hydrogen-bond acceptors (Lipinski definition) is 4. The molecule has 2 heterocycles. The lowest BCUT2D eigenvalue weighted by atomic mass is 9.79. The van der Waals surface area contributed by atoms with Gasteiger partial charge in [-0.1, -0.05) is 11.6 Å². The van der Waals surface area contributed by atoms with Gasteiger partial charge in [0.1, 0.15) is 0 Å². The molecular formula is C17H25ClN2O2S. The van der Waals surface area contributed by atoms with Crippen LogP contribution in [-0.2, 0) is 9.84 Å². The average molecular weight is 357 g/mol. The third-order valence-corrected chi connectivity index (χ3v) is 6.85. The number of sulfone groups is 1. The van der Waals surface area contributed by atoms with Gasteiger partial charge in [0.15, 0.2) is 9.84 Å². The average Bonchev–Trinajstić information content (AvgIpc) is 2.54. The first-order valence-corrected chi connectivity index (χ1v) is 10.7. The predicted molar refractivity (Wildman–Crippen MR) is 95.1 cm³/mol. The fourth-order valence-electron chi connectivity index (χ4n) is 3.93. The lowest BCUT2D eigenvalue weighted by molar-refractivity contribution is 0.222. The molecule has 6 heteroatoms. The summed E-state index contributed by atoms with van der Waals surface area (Å²) in [6, 6.07) is 5.31. The molecule has 1 N–H and O–H groups in total. The molecule has 0 aromatic heterocycles. The van der Waals surface area contributed by atoms with E-state index >= 15 is 0 Å². The SMILES string of the molecule is CS(=O)(=O)c1ccc(N2CCC(C3CCNCC3)CC2)cc1Cl. The molecule has 0 amide bonds. The summed E-state index contributed by atoms with van der Waals surface area (Å²) in [5, 5.41) is 3.76. The third kappa shape index (κ3) is 4.01. The van der Waals surface area contributed by atoms with Crippen LogP contribution >= 0.6 is 11.6 Å². The Labute approximate surface area is 144 Å². The summed E-state index contributed by atoms with van der Waals surface area (Å²) in [5.74, 6) is 1.70. The minimum absolute atomic E-state index is 0.215. The van der Waals surface area contributed by atoms with Crippen LogP contribution in [0.3, 0.4) is 0 Å². The second-order valence-corrected chi connectivity index (χ2v) is 9.19. The van der Waals surface area contributed by atoms with Gasteiger partial charge in [-0.25, -0.2) is 8.42 Å². The van der Waals surface area contributed by atoms with Crippen molar-refractivity contribution in [2.45, 2.75) is 30.6 Å². The van der Waals surface area contributed by atoms with Gasteiger partial charge in [-0.05, 0) is 68.8 Å². The fraction of sp³-hybridized carbons (Fsp3) is 0.647. The second kappa shape index (κ2) is 6.99. The van der Waals surface area contributed by atoms with Crippen LogP contribution in [0, 0.1) is 11.8 Å². The van der Waals surface area contributed by atoms with Gasteiger partial charge in [0.25, 0.3) is 0 Å². The summed E-state index contributed by atoms with van der Waals surface area (Å²) >= 11 is 6.17. The smallest absolute Gasteiger partial charge is 0.176 e. The topological polar surface area (TPSA) is 49.4 Å². The zero-order chi connectivity index (χ0) is 16.4. The van der Waals surface area contributed by atoms with Gasteiger partial charge in [-0.3, -0.25) is 0 Å². The van der Waals surface area contributed by atoms with E-state index in [-0.39, 0.29) is 4.90 Å². The summed E-state index contributed by atoms with van der Waals surface area (Å²) in [4.78, 5) is 2.54. The fourth-order valence-corrected chi connectivity index (χ4v) is 5.26. The van der Waals surface area contributed by atoms with E-state index in [2.05, 4.69) is 10.2 Å². The first-order chi connectivity index (χ1) is 10.9. The molecule has 1 aromatic carbocycles. The molecule has 2 fully saturated rings. The molecule has 0 radical (unpaired) electrons. The molecule has 0 bridgehead atoms. The molecule has 0 saturated carbocycles. The lowest BCUT2D eigenvalue weighted by Gasteiger charge is -2.38. The van der Waals surface area contributed by atoms with E-state index in [1.807, 2.05) is 6.07 Å². The van der Waals surface area contributed by atoms with E-state index in [0.29, 0.717) is 5.02 Å². The highest BCUT2D eigenvalue weighted by atomic mass is 35.5. The molecule has 0 spiro atoms. The minimum Gasteiger partial charge on any atom is -0.371 e. The first-order valence-electron chi connectivity index (χ1n) is 8.40. The number of nitrogens with zero attached hydrogens (tertiary/aromatic N) is 1. The number of hydrogen-bond donors (Lipinski definition) is 1. The highest BCUT2D eigenvalue weighted by Gasteiger charge is 2.28. The molecular weight excluding hydrogens is 332 g/mol. The Bertz CT molecular complexity index is 649. The minimum atomic E-state index is -3.26. The quantitative estimate of drug-likeness (QED) is 0.904. The maximum Gasteiger partial charge on any atom is 0.176 e. The lowest BCUT2D eigenvalue weighted by Crippen LogP contribution is -2.39. The van der Waals surface area contributed by atoms with Crippen LogP contribution in [-0.4, -0.2) is 40.9 Å². The molecule has 0 aliphatic carbocycles. The van der Waals surface area contributed by atoms with Crippen LogP contribution < -0.4 is 10.2 Å². The van der Waals surface area contributed by atoms with Gasteiger partial charge in [0.05, 0.1) is 9.92 Å². The Hall–Kier alpha value is -0.780. The largest absolute Gasteiger partial charge is 0.371 e. The Balaban J connectivity index is 1.64. The second-order valence-electron chi connectivity index (χ2n) is 6.80. The van der Waals surface area contributed by atoms with Crippen molar-refractivity contribution in [1.82, 2.24) is 5.32 Å². The van der Waals surface area contributed by atoms with E-state index in [9.17, 15) is 8.42 Å². The Morgan fingerprint density at radius 1 is 1.09 bits per heavy atom. The van der Waals surface area contributed by atoms with Gasteiger partial charge in [-0.2, -0.15) is 0 Å². The van der Waals surface area contributed by atoms with Gasteiger partial charge < -0.3 is 10.2 Å². The van der Waals surface area contributed by atoms with Crippen molar-refractivity contribution in [2.75, 3.05) is 37.3 Å². The third-order valence-electron chi connectivity index (χ3n) is 5.27. The monoisotopic (exact) mass is 356 g/mol. The Morgan fingerprint density at radius 3 is 2.26 bits per heavy atom. The number of rotatable bonds is 3. The molecule has 2 aliphatic heterocycles. The van der Waals surface area contributed by atoms with Crippen molar-refractivity contribution in [3.05, 3.63) is 23.2 Å². The molecule has 0 unspecified atom stereocenters. The number of anilines is 1. The molecule has 2 aliphatic rings. The Morgan fingerprint density at radius 2 is 1.70 bits per heavy atom. The molecule has 0 atom stereocenters. The number of piperidine rings is 2. The van der Waals surface area contributed by atoms with Gasteiger partial charge in [0, 0.05) is 25.0 Å². The van der Waals surface area contributed by atoms with E-state index < -0.39 is 9.84 Å². The van der Waals surface area contributed by atoms with E-state index in [1.165, 1.54) is 31.9 Å². The molecule has 3 rings (SSSR count). The normalized spacial score (nSPS) is 21.6. The van der Waals surface area contributed by atoms with Crippen molar-refractivity contribution in [2.24, 2.45) is 11.8 Å². The summed E-state index contributed by atoms with van der Waals surface area (Å²) < 4.78 is 23.3. The standard InChI is InChI=1S/C17H25ClN2O2S/c1-23(21,22)17-3-2-15(12-16(17)18)20-10-6-14(7-11-20)13-4-8-19-9-5-13/h2-3,12-14,19H,4-11H2,1H3. The number of halogens is 1. The molecule has 128 valence electrons. The van der Waals surface area contributed by atoms with Crippen molar-refractivity contribution in [3.8, 4) is 0 Å². The molecule has 23 heavy (non-hydrogen) atoms. The Kier molecular flexibility index (Phi) is 5.19. The predicted octanol–water partition coefficient (Wildman–Crippen LogP) is 2.96. The van der Waals surface area contributed by atoms with Crippen LogP contribution in [0.1, 0.15) is 25.7 Å². The van der Waals surface area contributed by atoms with Gasteiger partial charge in [0.2, 0.25) is 0 Å². The van der Waals surface area contributed by atoms with Crippen LogP contribution in [0.25, 0.3) is 0 Å². The summed E-state index contributed by atoms with van der Waals surface area (Å²) in [6.45, 7) is 4.38. The van der Waals surface area contributed by atoms with Crippen LogP contribution in [0.4, 0.5) is 5.69 Å². The summed E-state index contributed by atoms with van der Waals surface area (Å²) in [5.41, 5.74) is 1.03. The van der Waals surface area contributed by atoms with E-state index in [0.717, 1.165) is 43.7 Å². The highest BCUT2D eigenvalue weighted by molar-refractivity contribution is 7.90. The van der Waals surface area contributed by atoms with Crippen LogP contribution in [0.15, 0.2) is 23.1 Å². The van der Waals surface area contributed by atoms with Gasteiger partial charge in [-0.15, -0.1) is 0 Å². The van der Waals surface area contributed by atoms with E-state index in [4.69, 9.17) is 11.6 Å². The van der Waals surface area contributed by atoms with Crippen molar-refractivity contribution >= 4 is 27.1 Å². The highest BCUT2D eigenvalue weighted by Crippen LogP contribution is 2.34. The summed E-state index contributed by atoms with van der Waals surface area (Å²) in [6.07, 6.45) is 6.24. The molecule has 2 saturated heterocycles. The van der Waals surface area contributed by atoms with Crippen LogP contribution in [0.5, 0.6) is 0 Å². The molecule has 1 aromatic rings. The number of benzene rings is 1. The van der Waals surface area contributed by atoms with Crippen molar-refractivity contribution in [3.63, 3.8) is 0 Å². The maximum absolute atomic E-state index is 11.7. The van der Waals surface area contributed by atoms with Crippen molar-refractivity contribution < 1.29 is 8.42 Å². The zero-order valence-corrected chi connectivity index (χ0v) is 15.2. The molecule has 4 nitrogen and oxygen atoms in total. The van der Waals surface area contributed by atoms with E-state index in [1.54, 1.807) is 12.1 Å². The maximum atomic E-state index is 11.7.